The van der Waals surface area contributed by atoms with Crippen LogP contribution in [0.1, 0.15) is 6.42 Å². The Morgan fingerprint density at radius 1 is 0.600 bits per heavy atom. The van der Waals surface area contributed by atoms with Gasteiger partial charge in [0, 0.05) is 26.4 Å². The van der Waals surface area contributed by atoms with Crippen molar-refractivity contribution in [3.8, 4) is 0 Å². The summed E-state index contributed by atoms with van der Waals surface area (Å²) in [5, 5.41) is 37.2. The van der Waals surface area contributed by atoms with Crippen molar-refractivity contribution >= 4 is 0 Å². The molecule has 88 valence electrons. The SMILES string of the molecule is OC[C@@H]1C2CC([C@@H](CO)[C@H]2CO)[C@@H]1CO. The van der Waals surface area contributed by atoms with Crippen molar-refractivity contribution in [2.45, 2.75) is 6.42 Å². The van der Waals surface area contributed by atoms with Gasteiger partial charge in [-0.25, -0.2) is 0 Å². The third-order valence-electron chi connectivity index (χ3n) is 4.69. The maximum absolute atomic E-state index is 9.31. The van der Waals surface area contributed by atoms with Crippen LogP contribution >= 0.6 is 0 Å². The van der Waals surface area contributed by atoms with E-state index in [9.17, 15) is 20.4 Å². The zero-order chi connectivity index (χ0) is 11.0. The van der Waals surface area contributed by atoms with E-state index in [1.165, 1.54) is 0 Å². The first-order valence-corrected chi connectivity index (χ1v) is 5.71. The van der Waals surface area contributed by atoms with Gasteiger partial charge in [-0.15, -0.1) is 0 Å². The molecule has 4 heteroatoms. The van der Waals surface area contributed by atoms with Crippen LogP contribution in [0.15, 0.2) is 0 Å². The summed E-state index contributed by atoms with van der Waals surface area (Å²) >= 11 is 0. The minimum Gasteiger partial charge on any atom is -0.396 e. The van der Waals surface area contributed by atoms with Crippen LogP contribution in [0.3, 0.4) is 0 Å². The molecule has 2 aliphatic rings. The lowest BCUT2D eigenvalue weighted by Gasteiger charge is -2.38. The van der Waals surface area contributed by atoms with Gasteiger partial charge < -0.3 is 20.4 Å². The van der Waals surface area contributed by atoms with E-state index in [-0.39, 0.29) is 61.9 Å². The number of aliphatic hydroxyl groups is 4. The number of hydrogen-bond donors (Lipinski definition) is 4. The Morgan fingerprint density at radius 2 is 0.867 bits per heavy atom. The van der Waals surface area contributed by atoms with E-state index in [0.717, 1.165) is 6.42 Å². The Labute approximate surface area is 89.6 Å². The molecule has 2 unspecified atom stereocenters. The first-order valence-electron chi connectivity index (χ1n) is 5.71. The Balaban J connectivity index is 2.17. The molecule has 0 aliphatic heterocycles. The molecular weight excluding hydrogens is 196 g/mol. The Morgan fingerprint density at radius 3 is 1.07 bits per heavy atom. The highest BCUT2D eigenvalue weighted by Gasteiger charge is 2.56. The number of hydrogen-bond acceptors (Lipinski definition) is 4. The lowest BCUT2D eigenvalue weighted by molar-refractivity contribution is -0.0154. The average Bonchev–Trinajstić information content (AvgIpc) is 2.80. The molecular formula is C11H20O4. The molecule has 2 rings (SSSR count). The van der Waals surface area contributed by atoms with Gasteiger partial charge in [0.15, 0.2) is 0 Å². The van der Waals surface area contributed by atoms with E-state index in [2.05, 4.69) is 0 Å². The van der Waals surface area contributed by atoms with Gasteiger partial charge in [-0.3, -0.25) is 0 Å². The van der Waals surface area contributed by atoms with Crippen LogP contribution in [-0.2, 0) is 0 Å². The summed E-state index contributed by atoms with van der Waals surface area (Å²) in [5.41, 5.74) is 0. The standard InChI is InChI=1S/C11H20O4/c12-2-8-6-1-7(9(8)3-13)11(5-15)10(6)4-14/h6-15H,1-5H2/t6?,7?,8-,9+,10+,11-. The van der Waals surface area contributed by atoms with E-state index >= 15 is 0 Å². The third-order valence-corrected chi connectivity index (χ3v) is 4.69. The van der Waals surface area contributed by atoms with Crippen molar-refractivity contribution in [1.82, 2.24) is 0 Å². The van der Waals surface area contributed by atoms with Crippen LogP contribution in [0.4, 0.5) is 0 Å². The van der Waals surface area contributed by atoms with Crippen molar-refractivity contribution in [3.63, 3.8) is 0 Å². The van der Waals surface area contributed by atoms with Crippen molar-refractivity contribution in [2.24, 2.45) is 35.5 Å². The van der Waals surface area contributed by atoms with Gasteiger partial charge >= 0.3 is 0 Å². The molecule has 0 saturated heterocycles. The maximum Gasteiger partial charge on any atom is 0.0465 e. The Kier molecular flexibility index (Phi) is 3.30. The zero-order valence-corrected chi connectivity index (χ0v) is 8.79. The summed E-state index contributed by atoms with van der Waals surface area (Å²) < 4.78 is 0. The molecule has 4 nitrogen and oxygen atoms in total. The van der Waals surface area contributed by atoms with Gasteiger partial charge in [0.2, 0.25) is 0 Å². The van der Waals surface area contributed by atoms with E-state index in [1.54, 1.807) is 0 Å². The minimum atomic E-state index is 0.0844. The second kappa shape index (κ2) is 4.37. The Bertz CT molecular complexity index is 179. The highest BCUT2D eigenvalue weighted by atomic mass is 16.3. The largest absolute Gasteiger partial charge is 0.396 e. The normalized spacial score (nSPS) is 48.8. The Hall–Kier alpha value is -0.160. The number of rotatable bonds is 4. The topological polar surface area (TPSA) is 80.9 Å². The number of fused-ring (bicyclic) bond motifs is 2. The predicted molar refractivity (Wildman–Crippen MR) is 53.9 cm³/mol. The third kappa shape index (κ3) is 1.51. The second-order valence-corrected chi connectivity index (χ2v) is 4.95. The van der Waals surface area contributed by atoms with Crippen molar-refractivity contribution in [2.75, 3.05) is 26.4 Å². The van der Waals surface area contributed by atoms with E-state index in [1.807, 2.05) is 0 Å². The summed E-state index contributed by atoms with van der Waals surface area (Å²) in [6, 6.07) is 0. The van der Waals surface area contributed by atoms with Crippen molar-refractivity contribution in [1.29, 1.82) is 0 Å². The van der Waals surface area contributed by atoms with E-state index in [0.29, 0.717) is 0 Å². The molecule has 0 aromatic carbocycles. The van der Waals surface area contributed by atoms with Crippen LogP contribution in [0, 0.1) is 35.5 Å². The summed E-state index contributed by atoms with van der Waals surface area (Å²) in [7, 11) is 0. The molecule has 6 atom stereocenters. The lowest BCUT2D eigenvalue weighted by atomic mass is 9.69. The van der Waals surface area contributed by atoms with Gasteiger partial charge in [0.05, 0.1) is 0 Å². The molecule has 2 bridgehead atoms. The molecule has 0 heterocycles. The molecule has 2 saturated carbocycles. The van der Waals surface area contributed by atoms with E-state index in [4.69, 9.17) is 0 Å². The molecule has 0 radical (unpaired) electrons. The molecule has 0 amide bonds. The summed E-state index contributed by atoms with van der Waals surface area (Å²) in [6.45, 7) is 0.337. The average molecular weight is 216 g/mol. The van der Waals surface area contributed by atoms with Crippen LogP contribution in [0.5, 0.6) is 0 Å². The fraction of sp³-hybridized carbons (Fsp3) is 1.00. The quantitative estimate of drug-likeness (QED) is 0.489. The van der Waals surface area contributed by atoms with Gasteiger partial charge in [0.25, 0.3) is 0 Å². The van der Waals surface area contributed by atoms with Crippen LogP contribution in [0.2, 0.25) is 0 Å². The fourth-order valence-electron chi connectivity index (χ4n) is 4.00. The molecule has 2 fully saturated rings. The van der Waals surface area contributed by atoms with Gasteiger partial charge in [-0.05, 0) is 41.9 Å². The molecule has 4 N–H and O–H groups in total. The first kappa shape index (κ1) is 11.3. The summed E-state index contributed by atoms with van der Waals surface area (Å²) in [4.78, 5) is 0. The second-order valence-electron chi connectivity index (χ2n) is 4.95. The first-order chi connectivity index (χ1) is 7.28. The van der Waals surface area contributed by atoms with E-state index < -0.39 is 0 Å². The molecule has 2 aliphatic carbocycles. The zero-order valence-electron chi connectivity index (χ0n) is 8.79. The minimum absolute atomic E-state index is 0.0844. The fourth-order valence-corrected chi connectivity index (χ4v) is 4.00. The molecule has 0 spiro atoms. The van der Waals surface area contributed by atoms with Crippen molar-refractivity contribution < 1.29 is 20.4 Å². The highest BCUT2D eigenvalue weighted by Crippen LogP contribution is 2.57. The lowest BCUT2D eigenvalue weighted by Crippen LogP contribution is -2.41. The van der Waals surface area contributed by atoms with Crippen molar-refractivity contribution in [3.05, 3.63) is 0 Å². The van der Waals surface area contributed by atoms with Crippen LogP contribution in [-0.4, -0.2) is 46.9 Å². The van der Waals surface area contributed by atoms with Gasteiger partial charge in [-0.1, -0.05) is 0 Å². The number of aliphatic hydroxyl groups excluding tert-OH is 4. The van der Waals surface area contributed by atoms with Crippen LogP contribution < -0.4 is 0 Å². The monoisotopic (exact) mass is 216 g/mol. The molecule has 0 aromatic heterocycles. The summed E-state index contributed by atoms with van der Waals surface area (Å²) in [5.74, 6) is 0.999. The molecule has 0 aromatic rings. The summed E-state index contributed by atoms with van der Waals surface area (Å²) in [6.07, 6.45) is 0.937. The maximum atomic E-state index is 9.31. The molecule has 15 heavy (non-hydrogen) atoms. The van der Waals surface area contributed by atoms with Gasteiger partial charge in [0.1, 0.15) is 0 Å². The smallest absolute Gasteiger partial charge is 0.0465 e. The van der Waals surface area contributed by atoms with Crippen LogP contribution in [0.25, 0.3) is 0 Å². The predicted octanol–water partition coefficient (Wildman–Crippen LogP) is -0.930. The van der Waals surface area contributed by atoms with Gasteiger partial charge in [-0.2, -0.15) is 0 Å². The highest BCUT2D eigenvalue weighted by molar-refractivity contribution is 5.04.